The molecular formula is C23H30N8O2. The minimum absolute atomic E-state index is 0.0144. The number of anilines is 2. The van der Waals surface area contributed by atoms with Gasteiger partial charge in [-0.2, -0.15) is 10.4 Å². The van der Waals surface area contributed by atoms with Crippen LogP contribution in [0.1, 0.15) is 30.5 Å². The number of nitriles is 1. The number of nitrogens with two attached hydrogens (primary N) is 2. The Morgan fingerprint density at radius 2 is 2.06 bits per heavy atom. The SMILES string of the molecule is Cn1nc(NCc2cccc(C(C)(C)C#N)c2)c(/C=C(\N)C(=O)N2CCNCC2)c(N)c1=O. The molecule has 0 aliphatic carbocycles. The van der Waals surface area contributed by atoms with Gasteiger partial charge in [-0.3, -0.25) is 9.59 Å². The molecule has 1 aromatic carbocycles. The number of benzene rings is 1. The zero-order valence-electron chi connectivity index (χ0n) is 19.2. The van der Waals surface area contributed by atoms with Crippen LogP contribution in [0.25, 0.3) is 6.08 Å². The van der Waals surface area contributed by atoms with Crippen molar-refractivity contribution >= 4 is 23.5 Å². The van der Waals surface area contributed by atoms with Crippen LogP contribution in [-0.2, 0) is 23.8 Å². The lowest BCUT2D eigenvalue weighted by atomic mass is 9.85. The fourth-order valence-electron chi connectivity index (χ4n) is 3.53. The predicted octanol–water partition coefficient (Wildman–Crippen LogP) is 0.507. The first-order valence-corrected chi connectivity index (χ1v) is 10.7. The molecule has 1 aliphatic rings. The number of nitrogens with zero attached hydrogens (tertiary/aromatic N) is 4. The smallest absolute Gasteiger partial charge is 0.290 e. The second-order valence-electron chi connectivity index (χ2n) is 8.54. The highest BCUT2D eigenvalue weighted by Gasteiger charge is 2.21. The molecule has 1 fully saturated rings. The standard InChI is InChI=1S/C23H30N8O2/c1-23(2,14-24)16-6-4-5-15(11-16)13-28-20-17(19(26)22(33)30(3)29-20)12-18(25)21(32)31-9-7-27-8-10-31/h4-6,11-12,27H,7-10,13,25-26H2,1-3H3,(H,28,29)/b18-12-. The minimum Gasteiger partial charge on any atom is -0.394 e. The van der Waals surface area contributed by atoms with E-state index in [1.54, 1.807) is 4.90 Å². The van der Waals surface area contributed by atoms with Gasteiger partial charge in [0.05, 0.1) is 17.2 Å². The number of nitrogens with one attached hydrogen (secondary N) is 2. The van der Waals surface area contributed by atoms with Crippen molar-refractivity contribution in [2.75, 3.05) is 37.2 Å². The lowest BCUT2D eigenvalue weighted by Gasteiger charge is -2.27. The van der Waals surface area contributed by atoms with Crippen molar-refractivity contribution in [3.05, 3.63) is 57.0 Å². The van der Waals surface area contributed by atoms with E-state index < -0.39 is 11.0 Å². The lowest BCUT2D eigenvalue weighted by molar-refractivity contribution is -0.127. The summed E-state index contributed by atoms with van der Waals surface area (Å²) in [6.07, 6.45) is 1.41. The third kappa shape index (κ3) is 5.32. The van der Waals surface area contributed by atoms with E-state index in [1.165, 1.54) is 13.1 Å². The van der Waals surface area contributed by atoms with E-state index >= 15 is 0 Å². The molecule has 0 saturated carbocycles. The molecule has 2 heterocycles. The van der Waals surface area contributed by atoms with Crippen molar-refractivity contribution in [2.45, 2.75) is 25.8 Å². The lowest BCUT2D eigenvalue weighted by Crippen LogP contribution is -2.47. The zero-order valence-corrected chi connectivity index (χ0v) is 19.2. The molecule has 3 rings (SSSR count). The van der Waals surface area contributed by atoms with Crippen molar-refractivity contribution in [1.29, 1.82) is 5.26 Å². The quantitative estimate of drug-likeness (QED) is 0.464. The van der Waals surface area contributed by atoms with Crippen LogP contribution in [0.4, 0.5) is 11.5 Å². The van der Waals surface area contributed by atoms with E-state index in [0.717, 1.165) is 15.8 Å². The van der Waals surface area contributed by atoms with Crippen LogP contribution < -0.4 is 27.7 Å². The number of rotatable bonds is 6. The fraction of sp³-hybridized carbons (Fsp3) is 0.391. The second-order valence-corrected chi connectivity index (χ2v) is 8.54. The summed E-state index contributed by atoms with van der Waals surface area (Å²) in [4.78, 5) is 26.8. The first kappa shape index (κ1) is 23.8. The number of nitrogen functional groups attached to an aromatic ring is 1. The Labute approximate surface area is 192 Å². The second kappa shape index (κ2) is 9.75. The molecule has 2 aromatic rings. The van der Waals surface area contributed by atoms with E-state index in [0.29, 0.717) is 38.5 Å². The Kier molecular flexibility index (Phi) is 7.04. The van der Waals surface area contributed by atoms with Gasteiger partial charge in [-0.1, -0.05) is 24.3 Å². The van der Waals surface area contributed by atoms with Crippen LogP contribution in [0.3, 0.4) is 0 Å². The molecule has 1 saturated heterocycles. The van der Waals surface area contributed by atoms with Crippen LogP contribution in [-0.4, -0.2) is 46.8 Å². The molecule has 10 heteroatoms. The first-order chi connectivity index (χ1) is 15.6. The predicted molar refractivity (Wildman–Crippen MR) is 128 cm³/mol. The van der Waals surface area contributed by atoms with Gasteiger partial charge in [-0.15, -0.1) is 0 Å². The van der Waals surface area contributed by atoms with E-state index in [2.05, 4.69) is 21.8 Å². The highest BCUT2D eigenvalue weighted by molar-refractivity contribution is 5.98. The summed E-state index contributed by atoms with van der Waals surface area (Å²) in [6, 6.07) is 9.96. The van der Waals surface area contributed by atoms with Gasteiger partial charge in [0, 0.05) is 45.3 Å². The zero-order chi connectivity index (χ0) is 24.2. The summed E-state index contributed by atoms with van der Waals surface area (Å²) < 4.78 is 1.14. The summed E-state index contributed by atoms with van der Waals surface area (Å²) in [7, 11) is 1.50. The summed E-state index contributed by atoms with van der Waals surface area (Å²) >= 11 is 0. The number of carbonyl (C=O) groups excluding carboxylic acids is 1. The number of carbonyl (C=O) groups is 1. The van der Waals surface area contributed by atoms with Crippen molar-refractivity contribution in [3.8, 4) is 6.07 Å². The van der Waals surface area contributed by atoms with E-state index in [-0.39, 0.29) is 22.9 Å². The number of hydrogen-bond donors (Lipinski definition) is 4. The van der Waals surface area contributed by atoms with Crippen molar-refractivity contribution in [2.24, 2.45) is 12.8 Å². The maximum atomic E-state index is 12.7. The number of piperazine rings is 1. The van der Waals surface area contributed by atoms with Crippen molar-refractivity contribution in [1.82, 2.24) is 20.0 Å². The Morgan fingerprint density at radius 1 is 1.36 bits per heavy atom. The van der Waals surface area contributed by atoms with Crippen LogP contribution in [0, 0.1) is 11.3 Å². The van der Waals surface area contributed by atoms with Gasteiger partial charge < -0.3 is 27.0 Å². The Hall–Kier alpha value is -3.84. The minimum atomic E-state index is -0.623. The fourth-order valence-corrected chi connectivity index (χ4v) is 3.53. The van der Waals surface area contributed by atoms with Gasteiger partial charge in [0.25, 0.3) is 11.5 Å². The Morgan fingerprint density at radius 3 is 2.73 bits per heavy atom. The number of hydrogen-bond acceptors (Lipinski definition) is 8. The molecule has 33 heavy (non-hydrogen) atoms. The van der Waals surface area contributed by atoms with Crippen LogP contribution in [0.2, 0.25) is 0 Å². The third-order valence-corrected chi connectivity index (χ3v) is 5.66. The Balaban J connectivity index is 1.90. The molecular weight excluding hydrogens is 420 g/mol. The van der Waals surface area contributed by atoms with Gasteiger partial charge in [0.2, 0.25) is 0 Å². The molecule has 0 unspecified atom stereocenters. The number of aromatic nitrogens is 2. The molecule has 6 N–H and O–H groups in total. The first-order valence-electron chi connectivity index (χ1n) is 10.7. The largest absolute Gasteiger partial charge is 0.394 e. The molecule has 1 aromatic heterocycles. The molecule has 0 bridgehead atoms. The molecule has 174 valence electrons. The average molecular weight is 451 g/mol. The summed E-state index contributed by atoms with van der Waals surface area (Å²) in [5.41, 5.74) is 13.1. The van der Waals surface area contributed by atoms with Gasteiger partial charge in [-0.25, -0.2) is 4.68 Å². The maximum Gasteiger partial charge on any atom is 0.290 e. The summed E-state index contributed by atoms with van der Waals surface area (Å²) in [5.74, 6) is 0.0181. The maximum absolute atomic E-state index is 12.7. The highest BCUT2D eigenvalue weighted by atomic mass is 16.2. The van der Waals surface area contributed by atoms with Crippen molar-refractivity contribution < 1.29 is 4.79 Å². The molecule has 1 amide bonds. The molecule has 1 aliphatic heterocycles. The topological polar surface area (TPSA) is 155 Å². The Bertz CT molecular complexity index is 1170. The van der Waals surface area contributed by atoms with Crippen LogP contribution >= 0.6 is 0 Å². The van der Waals surface area contributed by atoms with Gasteiger partial charge >= 0.3 is 0 Å². The van der Waals surface area contributed by atoms with Gasteiger partial charge in [-0.05, 0) is 31.1 Å². The third-order valence-electron chi connectivity index (χ3n) is 5.66. The van der Waals surface area contributed by atoms with Crippen LogP contribution in [0.15, 0.2) is 34.8 Å². The molecule has 10 nitrogen and oxygen atoms in total. The highest BCUT2D eigenvalue weighted by Crippen LogP contribution is 2.24. The number of aryl methyl sites for hydroxylation is 1. The monoisotopic (exact) mass is 450 g/mol. The molecule has 0 atom stereocenters. The van der Waals surface area contributed by atoms with Crippen LogP contribution in [0.5, 0.6) is 0 Å². The normalized spacial score (nSPS) is 14.6. The van der Waals surface area contributed by atoms with E-state index in [9.17, 15) is 14.9 Å². The molecule has 0 spiro atoms. The van der Waals surface area contributed by atoms with E-state index in [4.69, 9.17) is 11.5 Å². The van der Waals surface area contributed by atoms with E-state index in [1.807, 2.05) is 38.1 Å². The number of amides is 1. The van der Waals surface area contributed by atoms with Crippen molar-refractivity contribution in [3.63, 3.8) is 0 Å². The van der Waals surface area contributed by atoms with Gasteiger partial charge in [0.1, 0.15) is 5.69 Å². The van der Waals surface area contributed by atoms with Gasteiger partial charge in [0.15, 0.2) is 5.82 Å². The summed E-state index contributed by atoms with van der Waals surface area (Å²) in [6.45, 7) is 6.58. The average Bonchev–Trinajstić information content (AvgIpc) is 2.83. The molecule has 0 radical (unpaired) electrons. The summed E-state index contributed by atoms with van der Waals surface area (Å²) in [5, 5.41) is 20.1.